The molecule has 0 aliphatic heterocycles. The molecular formula is C23H22F3N5O3. The number of halogens is 3. The highest BCUT2D eigenvalue weighted by Crippen LogP contribution is 2.33. The minimum Gasteiger partial charge on any atom is -0.381 e. The summed E-state index contributed by atoms with van der Waals surface area (Å²) in [6.07, 6.45) is -2.32. The number of rotatable bonds is 6. The van der Waals surface area contributed by atoms with Gasteiger partial charge in [0.05, 0.1) is 6.20 Å². The van der Waals surface area contributed by atoms with Crippen molar-refractivity contribution >= 4 is 17.2 Å². The number of nitrogens with zero attached hydrogens (tertiary/aromatic N) is 4. The van der Waals surface area contributed by atoms with Gasteiger partial charge in [-0.3, -0.25) is 9.20 Å². The number of fused-ring (bicyclic) bond motifs is 1. The van der Waals surface area contributed by atoms with Crippen LogP contribution in [0.1, 0.15) is 40.9 Å². The van der Waals surface area contributed by atoms with Crippen LogP contribution in [0.4, 0.5) is 18.9 Å². The fraction of sp³-hybridized carbons (Fsp3) is 0.304. The molecule has 3 aromatic heterocycles. The van der Waals surface area contributed by atoms with E-state index in [4.69, 9.17) is 4.52 Å². The summed E-state index contributed by atoms with van der Waals surface area (Å²) in [5.41, 5.74) is 0.921. The Morgan fingerprint density at radius 2 is 1.97 bits per heavy atom. The van der Waals surface area contributed by atoms with Crippen LogP contribution in [-0.2, 0) is 6.42 Å². The molecule has 4 aromatic rings. The van der Waals surface area contributed by atoms with Crippen LogP contribution < -0.4 is 5.32 Å². The number of carbonyl (C=O) groups is 1. The Balaban J connectivity index is 1.52. The smallest absolute Gasteiger partial charge is 0.381 e. The standard InChI is InChI=1S/C23H22F3N5O3/c1-13-4-7-18-27-11-17(31(18)12-13)21(32)28-16-10-15(6-5-14(16)2)20-29-19(34-30-20)8-9-22(3,33)23(24,25)26/h4-7,10-12,33H,8-9H2,1-3H3,(H,28,32)/t22-/m0/s1. The molecule has 0 spiro atoms. The number of amides is 1. The van der Waals surface area contributed by atoms with Crippen molar-refractivity contribution in [1.29, 1.82) is 0 Å². The second kappa shape index (κ2) is 8.56. The molecule has 8 nitrogen and oxygen atoms in total. The van der Waals surface area contributed by atoms with Gasteiger partial charge in [-0.1, -0.05) is 23.4 Å². The number of alkyl halides is 3. The lowest BCUT2D eigenvalue weighted by molar-refractivity contribution is -0.255. The van der Waals surface area contributed by atoms with E-state index in [1.807, 2.05) is 32.2 Å². The largest absolute Gasteiger partial charge is 0.416 e. The van der Waals surface area contributed by atoms with Crippen LogP contribution in [0.5, 0.6) is 0 Å². The molecule has 0 fully saturated rings. The molecule has 1 aromatic carbocycles. The minimum atomic E-state index is -4.76. The van der Waals surface area contributed by atoms with Gasteiger partial charge in [0, 0.05) is 23.9 Å². The number of pyridine rings is 1. The van der Waals surface area contributed by atoms with E-state index in [1.54, 1.807) is 22.6 Å². The number of benzene rings is 1. The van der Waals surface area contributed by atoms with Crippen LogP contribution in [0.3, 0.4) is 0 Å². The summed E-state index contributed by atoms with van der Waals surface area (Å²) in [4.78, 5) is 21.3. The number of aliphatic hydroxyl groups is 1. The van der Waals surface area contributed by atoms with Crippen LogP contribution in [0.25, 0.3) is 17.0 Å². The van der Waals surface area contributed by atoms with E-state index in [0.29, 0.717) is 29.5 Å². The highest BCUT2D eigenvalue weighted by molar-refractivity contribution is 6.04. The third-order valence-corrected chi connectivity index (χ3v) is 5.53. The van der Waals surface area contributed by atoms with E-state index >= 15 is 0 Å². The first-order valence-electron chi connectivity index (χ1n) is 10.4. The number of aromatic nitrogens is 4. The summed E-state index contributed by atoms with van der Waals surface area (Å²) < 4.78 is 45.3. The first-order chi connectivity index (χ1) is 15.9. The predicted octanol–water partition coefficient (Wildman–Crippen LogP) is 4.50. The number of imidazole rings is 1. The van der Waals surface area contributed by atoms with Crippen LogP contribution >= 0.6 is 0 Å². The lowest BCUT2D eigenvalue weighted by Gasteiger charge is -2.25. The van der Waals surface area contributed by atoms with Gasteiger partial charge in [0.2, 0.25) is 11.7 Å². The van der Waals surface area contributed by atoms with Crippen molar-refractivity contribution < 1.29 is 27.6 Å². The lowest BCUT2D eigenvalue weighted by atomic mass is 10.00. The highest BCUT2D eigenvalue weighted by Gasteiger charge is 2.49. The van der Waals surface area contributed by atoms with Gasteiger partial charge in [0.15, 0.2) is 5.60 Å². The fourth-order valence-electron chi connectivity index (χ4n) is 3.30. The van der Waals surface area contributed by atoms with Crippen molar-refractivity contribution in [3.8, 4) is 11.4 Å². The molecule has 0 aliphatic rings. The molecule has 1 amide bonds. The first kappa shape index (κ1) is 23.4. The van der Waals surface area contributed by atoms with Crippen molar-refractivity contribution in [2.24, 2.45) is 0 Å². The number of carbonyl (C=O) groups excluding carboxylic acids is 1. The molecule has 3 heterocycles. The molecular weight excluding hydrogens is 451 g/mol. The van der Waals surface area contributed by atoms with Gasteiger partial charge in [-0.25, -0.2) is 4.98 Å². The van der Waals surface area contributed by atoms with Gasteiger partial charge < -0.3 is 14.9 Å². The molecule has 178 valence electrons. The first-order valence-corrected chi connectivity index (χ1v) is 10.4. The van der Waals surface area contributed by atoms with E-state index < -0.39 is 18.2 Å². The summed E-state index contributed by atoms with van der Waals surface area (Å²) in [7, 11) is 0. The Morgan fingerprint density at radius 1 is 1.21 bits per heavy atom. The molecule has 34 heavy (non-hydrogen) atoms. The molecule has 0 bridgehead atoms. The third-order valence-electron chi connectivity index (χ3n) is 5.53. The zero-order valence-electron chi connectivity index (χ0n) is 18.6. The number of hydrogen-bond donors (Lipinski definition) is 2. The molecule has 0 saturated carbocycles. The van der Waals surface area contributed by atoms with Crippen molar-refractivity contribution in [2.75, 3.05) is 5.32 Å². The Bertz CT molecular complexity index is 1360. The number of aryl methyl sites for hydroxylation is 3. The normalized spacial score (nSPS) is 13.7. The van der Waals surface area contributed by atoms with E-state index in [9.17, 15) is 23.1 Å². The van der Waals surface area contributed by atoms with Crippen LogP contribution in [0, 0.1) is 13.8 Å². The molecule has 0 unspecified atom stereocenters. The second-order valence-corrected chi connectivity index (χ2v) is 8.35. The van der Waals surface area contributed by atoms with Gasteiger partial charge in [-0.2, -0.15) is 18.2 Å². The van der Waals surface area contributed by atoms with Gasteiger partial charge in [0.1, 0.15) is 11.3 Å². The summed E-state index contributed by atoms with van der Waals surface area (Å²) >= 11 is 0. The summed E-state index contributed by atoms with van der Waals surface area (Å²) in [6.45, 7) is 4.43. The van der Waals surface area contributed by atoms with E-state index in [0.717, 1.165) is 11.1 Å². The maximum Gasteiger partial charge on any atom is 0.416 e. The van der Waals surface area contributed by atoms with Gasteiger partial charge in [-0.05, 0) is 50.5 Å². The molecule has 4 rings (SSSR count). The quantitative estimate of drug-likeness (QED) is 0.427. The average Bonchev–Trinajstić information content (AvgIpc) is 3.40. The Morgan fingerprint density at radius 3 is 2.71 bits per heavy atom. The van der Waals surface area contributed by atoms with Crippen molar-refractivity contribution in [3.05, 3.63) is 65.4 Å². The maximum absolute atomic E-state index is 12.9. The number of nitrogens with one attached hydrogen (secondary N) is 1. The molecule has 11 heteroatoms. The second-order valence-electron chi connectivity index (χ2n) is 8.35. The molecule has 0 radical (unpaired) electrons. The monoisotopic (exact) mass is 473 g/mol. The Labute approximate surface area is 192 Å². The fourth-order valence-corrected chi connectivity index (χ4v) is 3.30. The Kier molecular flexibility index (Phi) is 5.90. The topological polar surface area (TPSA) is 106 Å². The van der Waals surface area contributed by atoms with Gasteiger partial charge >= 0.3 is 6.18 Å². The predicted molar refractivity (Wildman–Crippen MR) is 117 cm³/mol. The van der Waals surface area contributed by atoms with E-state index in [2.05, 4.69) is 20.4 Å². The van der Waals surface area contributed by atoms with E-state index in [1.165, 1.54) is 6.20 Å². The maximum atomic E-state index is 12.9. The average molecular weight is 473 g/mol. The summed E-state index contributed by atoms with van der Waals surface area (Å²) in [5, 5.41) is 16.3. The number of anilines is 1. The third kappa shape index (κ3) is 4.65. The van der Waals surface area contributed by atoms with Gasteiger partial charge in [-0.15, -0.1) is 0 Å². The van der Waals surface area contributed by atoms with Crippen molar-refractivity contribution in [2.45, 2.75) is 45.4 Å². The zero-order chi connectivity index (χ0) is 24.7. The van der Waals surface area contributed by atoms with Crippen LogP contribution in [0.2, 0.25) is 0 Å². The van der Waals surface area contributed by atoms with Crippen molar-refractivity contribution in [3.63, 3.8) is 0 Å². The van der Waals surface area contributed by atoms with Crippen LogP contribution in [-0.4, -0.2) is 42.3 Å². The lowest BCUT2D eigenvalue weighted by Crippen LogP contribution is -2.42. The van der Waals surface area contributed by atoms with Crippen molar-refractivity contribution in [1.82, 2.24) is 19.5 Å². The highest BCUT2D eigenvalue weighted by atomic mass is 19.4. The molecule has 0 saturated heterocycles. The minimum absolute atomic E-state index is 0.0354. The summed E-state index contributed by atoms with van der Waals surface area (Å²) in [6, 6.07) is 8.85. The van der Waals surface area contributed by atoms with Gasteiger partial charge in [0.25, 0.3) is 5.91 Å². The number of hydrogen-bond acceptors (Lipinski definition) is 6. The van der Waals surface area contributed by atoms with Crippen LogP contribution in [0.15, 0.2) is 47.2 Å². The molecule has 1 atom stereocenters. The molecule has 0 aliphatic carbocycles. The Hall–Kier alpha value is -3.73. The SMILES string of the molecule is Cc1ccc2ncc(C(=O)Nc3cc(-c4noc(CC[C@](C)(O)C(F)(F)F)n4)ccc3C)n2c1. The van der Waals surface area contributed by atoms with E-state index in [-0.39, 0.29) is 24.0 Å². The summed E-state index contributed by atoms with van der Waals surface area (Å²) in [5.74, 6) is -0.240. The zero-order valence-corrected chi connectivity index (χ0v) is 18.6. The molecule has 2 N–H and O–H groups in total.